The highest BCUT2D eigenvalue weighted by Gasteiger charge is 2.21. The number of rotatable bonds is 2. The van der Waals surface area contributed by atoms with Gasteiger partial charge in [0.1, 0.15) is 0 Å². The highest BCUT2D eigenvalue weighted by Crippen LogP contribution is 2.10. The van der Waals surface area contributed by atoms with Crippen molar-refractivity contribution in [2.45, 2.75) is 25.3 Å². The normalized spacial score (nSPS) is 21.9. The summed E-state index contributed by atoms with van der Waals surface area (Å²) in [5, 5.41) is 2.78. The van der Waals surface area contributed by atoms with Crippen molar-refractivity contribution in [3.8, 4) is 0 Å². The van der Waals surface area contributed by atoms with Crippen molar-refractivity contribution in [1.82, 2.24) is 10.2 Å². The molecule has 1 fully saturated rings. The Hall–Kier alpha value is -1.30. The third kappa shape index (κ3) is 3.75. The molecule has 1 aliphatic heterocycles. The number of urea groups is 1. The van der Waals surface area contributed by atoms with Crippen LogP contribution >= 0.6 is 0 Å². The van der Waals surface area contributed by atoms with Gasteiger partial charge in [-0.1, -0.05) is 0 Å². The summed E-state index contributed by atoms with van der Waals surface area (Å²) in [6.45, 7) is 1.14. The Labute approximate surface area is 89.0 Å². The van der Waals surface area contributed by atoms with Gasteiger partial charge in [-0.25, -0.2) is 4.79 Å². The average molecular weight is 214 g/mol. The number of carbonyl (C=O) groups is 2. The summed E-state index contributed by atoms with van der Waals surface area (Å²) >= 11 is 0. The second kappa shape index (κ2) is 5.55. The molecule has 1 heterocycles. The predicted molar refractivity (Wildman–Crippen MR) is 56.0 cm³/mol. The lowest BCUT2D eigenvalue weighted by atomic mass is 10.1. The van der Waals surface area contributed by atoms with Gasteiger partial charge in [-0.05, 0) is 19.3 Å². The monoisotopic (exact) mass is 214 g/mol. The maximum absolute atomic E-state index is 11.1. The van der Waals surface area contributed by atoms with Gasteiger partial charge in [-0.3, -0.25) is 4.79 Å². The lowest BCUT2D eigenvalue weighted by Crippen LogP contribution is -2.47. The minimum Gasteiger partial charge on any atom is -0.351 e. The molecule has 1 aliphatic rings. The van der Waals surface area contributed by atoms with E-state index in [1.54, 1.807) is 4.90 Å². The summed E-state index contributed by atoms with van der Waals surface area (Å²) in [4.78, 5) is 23.7. The van der Waals surface area contributed by atoms with E-state index in [0.717, 1.165) is 19.3 Å². The zero-order valence-corrected chi connectivity index (χ0v) is 8.74. The zero-order chi connectivity index (χ0) is 11.3. The Kier molecular flexibility index (Phi) is 4.36. The molecule has 86 valence electrons. The van der Waals surface area contributed by atoms with E-state index in [2.05, 4.69) is 5.32 Å². The van der Waals surface area contributed by atoms with E-state index in [0.29, 0.717) is 13.1 Å². The van der Waals surface area contributed by atoms with Crippen molar-refractivity contribution in [3.63, 3.8) is 0 Å². The molecule has 3 amide bonds. The van der Waals surface area contributed by atoms with Crippen molar-refractivity contribution < 1.29 is 9.59 Å². The number of likely N-dealkylation sites (tertiary alicyclic amines) is 1. The fourth-order valence-corrected chi connectivity index (χ4v) is 1.75. The SMILES string of the molecule is NCC(=O)NC1CCCCN(C(N)=O)C1. The fraction of sp³-hybridized carbons (Fsp3) is 0.778. The number of nitrogens with zero attached hydrogens (tertiary/aromatic N) is 1. The largest absolute Gasteiger partial charge is 0.351 e. The van der Waals surface area contributed by atoms with E-state index in [1.165, 1.54) is 0 Å². The molecule has 0 bridgehead atoms. The first kappa shape index (κ1) is 11.8. The highest BCUT2D eigenvalue weighted by molar-refractivity contribution is 5.78. The molecule has 15 heavy (non-hydrogen) atoms. The summed E-state index contributed by atoms with van der Waals surface area (Å²) < 4.78 is 0. The summed E-state index contributed by atoms with van der Waals surface area (Å²) in [7, 11) is 0. The molecule has 0 saturated carbocycles. The van der Waals surface area contributed by atoms with Gasteiger partial charge in [0.25, 0.3) is 0 Å². The third-order valence-corrected chi connectivity index (χ3v) is 2.53. The topological polar surface area (TPSA) is 101 Å². The second-order valence-electron chi connectivity index (χ2n) is 3.75. The molecule has 1 rings (SSSR count). The standard InChI is InChI=1S/C9H18N4O2/c10-5-8(14)12-7-3-1-2-4-13(6-7)9(11)15/h7H,1-6,10H2,(H2,11,15)(H,12,14). The van der Waals surface area contributed by atoms with Crippen LogP contribution in [0.4, 0.5) is 4.79 Å². The first-order chi connectivity index (χ1) is 7.13. The molecule has 6 heteroatoms. The van der Waals surface area contributed by atoms with E-state index in [1.807, 2.05) is 0 Å². The maximum atomic E-state index is 11.1. The van der Waals surface area contributed by atoms with Crippen LogP contribution in [0.3, 0.4) is 0 Å². The fourth-order valence-electron chi connectivity index (χ4n) is 1.75. The van der Waals surface area contributed by atoms with Gasteiger partial charge >= 0.3 is 6.03 Å². The molecule has 0 radical (unpaired) electrons. The number of hydrogen-bond acceptors (Lipinski definition) is 3. The Morgan fingerprint density at radius 3 is 2.73 bits per heavy atom. The molecule has 0 aromatic heterocycles. The Morgan fingerprint density at radius 1 is 1.40 bits per heavy atom. The average Bonchev–Trinajstić information content (AvgIpc) is 2.43. The number of hydrogen-bond donors (Lipinski definition) is 3. The van der Waals surface area contributed by atoms with Gasteiger partial charge in [0, 0.05) is 19.1 Å². The summed E-state index contributed by atoms with van der Waals surface area (Å²) in [6, 6.07) is -0.444. The Morgan fingerprint density at radius 2 is 2.13 bits per heavy atom. The first-order valence-corrected chi connectivity index (χ1v) is 5.17. The third-order valence-electron chi connectivity index (χ3n) is 2.53. The van der Waals surface area contributed by atoms with Crippen molar-refractivity contribution in [2.75, 3.05) is 19.6 Å². The van der Waals surface area contributed by atoms with Crippen LogP contribution in [0.15, 0.2) is 0 Å². The van der Waals surface area contributed by atoms with Gasteiger partial charge < -0.3 is 21.7 Å². The molecule has 0 aliphatic carbocycles. The van der Waals surface area contributed by atoms with Crippen LogP contribution in [0.1, 0.15) is 19.3 Å². The van der Waals surface area contributed by atoms with E-state index in [-0.39, 0.29) is 18.5 Å². The molecule has 6 nitrogen and oxygen atoms in total. The highest BCUT2D eigenvalue weighted by atomic mass is 16.2. The molecule has 0 aromatic carbocycles. The Balaban J connectivity index is 2.49. The lowest BCUT2D eigenvalue weighted by Gasteiger charge is -2.23. The van der Waals surface area contributed by atoms with E-state index >= 15 is 0 Å². The van der Waals surface area contributed by atoms with Crippen LogP contribution in [0.25, 0.3) is 0 Å². The summed E-state index contributed by atoms with van der Waals surface area (Å²) in [5.41, 5.74) is 10.4. The van der Waals surface area contributed by atoms with Crippen molar-refractivity contribution in [1.29, 1.82) is 0 Å². The minimum absolute atomic E-state index is 0.0175. The van der Waals surface area contributed by atoms with E-state index in [4.69, 9.17) is 11.5 Å². The van der Waals surface area contributed by atoms with Crippen LogP contribution < -0.4 is 16.8 Å². The quantitative estimate of drug-likeness (QED) is 0.549. The molecule has 1 saturated heterocycles. The first-order valence-electron chi connectivity index (χ1n) is 5.17. The summed E-state index contributed by atoms with van der Waals surface area (Å²) in [6.07, 6.45) is 2.78. The van der Waals surface area contributed by atoms with Crippen LogP contribution in [0.2, 0.25) is 0 Å². The maximum Gasteiger partial charge on any atom is 0.314 e. The molecule has 5 N–H and O–H groups in total. The van der Waals surface area contributed by atoms with Gasteiger partial charge in [0.2, 0.25) is 5.91 Å². The zero-order valence-electron chi connectivity index (χ0n) is 8.74. The van der Waals surface area contributed by atoms with Crippen LogP contribution in [-0.2, 0) is 4.79 Å². The van der Waals surface area contributed by atoms with Crippen LogP contribution in [0, 0.1) is 0 Å². The van der Waals surface area contributed by atoms with Crippen LogP contribution in [-0.4, -0.2) is 42.5 Å². The number of nitrogens with one attached hydrogen (secondary N) is 1. The van der Waals surface area contributed by atoms with Gasteiger partial charge in [0.05, 0.1) is 6.54 Å². The molecule has 0 spiro atoms. The number of carbonyl (C=O) groups excluding carboxylic acids is 2. The minimum atomic E-state index is -0.427. The van der Waals surface area contributed by atoms with E-state index in [9.17, 15) is 9.59 Å². The van der Waals surface area contributed by atoms with Crippen molar-refractivity contribution in [3.05, 3.63) is 0 Å². The number of primary amides is 1. The van der Waals surface area contributed by atoms with Crippen molar-refractivity contribution >= 4 is 11.9 Å². The molecule has 1 unspecified atom stereocenters. The molecular formula is C9H18N4O2. The Bertz CT molecular complexity index is 244. The van der Waals surface area contributed by atoms with Crippen molar-refractivity contribution in [2.24, 2.45) is 11.5 Å². The molecule has 1 atom stereocenters. The number of amides is 3. The smallest absolute Gasteiger partial charge is 0.314 e. The number of nitrogens with two attached hydrogens (primary N) is 2. The second-order valence-corrected chi connectivity index (χ2v) is 3.75. The molecular weight excluding hydrogens is 196 g/mol. The van der Waals surface area contributed by atoms with Gasteiger partial charge in [-0.15, -0.1) is 0 Å². The van der Waals surface area contributed by atoms with Crippen LogP contribution in [0.5, 0.6) is 0 Å². The van der Waals surface area contributed by atoms with Gasteiger partial charge in [0.15, 0.2) is 0 Å². The van der Waals surface area contributed by atoms with Gasteiger partial charge in [-0.2, -0.15) is 0 Å². The lowest BCUT2D eigenvalue weighted by molar-refractivity contribution is -0.120. The summed E-state index contributed by atoms with van der Waals surface area (Å²) in [5.74, 6) is -0.189. The molecule has 0 aromatic rings. The van der Waals surface area contributed by atoms with E-state index < -0.39 is 6.03 Å². The predicted octanol–water partition coefficient (Wildman–Crippen LogP) is -1.01.